The number of likely N-dealkylation sites (N-methyl/N-ethyl adjacent to an activating group) is 1. The molecule has 148 valence electrons. The Bertz CT molecular complexity index is 734. The van der Waals surface area contributed by atoms with E-state index in [0.29, 0.717) is 12.5 Å². The second-order valence-corrected chi connectivity index (χ2v) is 7.96. The number of hydrogen-bond acceptors (Lipinski definition) is 4. The predicted molar refractivity (Wildman–Crippen MR) is 111 cm³/mol. The quantitative estimate of drug-likeness (QED) is 0.804. The lowest BCUT2D eigenvalue weighted by molar-refractivity contribution is 0.0735. The Morgan fingerprint density at radius 2 is 1.89 bits per heavy atom. The van der Waals surface area contributed by atoms with Gasteiger partial charge in [-0.15, -0.1) is 12.4 Å². The Balaban J connectivity index is 0.00000261. The fourth-order valence-electron chi connectivity index (χ4n) is 3.57. The summed E-state index contributed by atoms with van der Waals surface area (Å²) in [7, 11) is 3.86. The van der Waals surface area contributed by atoms with Crippen molar-refractivity contribution in [1.82, 2.24) is 4.90 Å². The Hall–Kier alpha value is -1.75. The first-order valence-electron chi connectivity index (χ1n) is 9.17. The van der Waals surface area contributed by atoms with Crippen LogP contribution in [0.15, 0.2) is 48.5 Å². The zero-order valence-electron chi connectivity index (χ0n) is 16.5. The van der Waals surface area contributed by atoms with E-state index in [9.17, 15) is 5.11 Å². The summed E-state index contributed by atoms with van der Waals surface area (Å²) in [5, 5.41) is 10.00. The molecule has 0 saturated heterocycles. The minimum atomic E-state index is -0.518. The molecule has 2 aromatic carbocycles. The molecule has 1 heterocycles. The number of fused-ring (bicyclic) bond motifs is 1. The Morgan fingerprint density at radius 3 is 2.56 bits per heavy atom. The minimum absolute atomic E-state index is 0. The molecule has 4 nitrogen and oxygen atoms in total. The van der Waals surface area contributed by atoms with Gasteiger partial charge in [0.15, 0.2) is 0 Å². The van der Waals surface area contributed by atoms with Gasteiger partial charge in [0.05, 0.1) is 0 Å². The normalized spacial score (nSPS) is 18.8. The summed E-state index contributed by atoms with van der Waals surface area (Å²) in [4.78, 5) is 1.94. The molecule has 0 spiro atoms. The van der Waals surface area contributed by atoms with Crippen LogP contribution >= 0.6 is 12.4 Å². The highest BCUT2D eigenvalue weighted by Crippen LogP contribution is 2.45. The predicted octanol–water partition coefficient (Wildman–Crippen LogP) is 4.10. The number of benzene rings is 2. The van der Waals surface area contributed by atoms with E-state index in [0.717, 1.165) is 17.9 Å². The van der Waals surface area contributed by atoms with Crippen molar-refractivity contribution in [3.63, 3.8) is 0 Å². The average Bonchev–Trinajstić information content (AvgIpc) is 2.58. The van der Waals surface area contributed by atoms with E-state index >= 15 is 0 Å². The zero-order chi connectivity index (χ0) is 18.7. The van der Waals surface area contributed by atoms with E-state index < -0.39 is 6.10 Å². The highest BCUT2D eigenvalue weighted by Gasteiger charge is 2.34. The molecule has 5 heteroatoms. The second-order valence-electron chi connectivity index (χ2n) is 7.96. The summed E-state index contributed by atoms with van der Waals surface area (Å²) in [6, 6.07) is 16.6. The number of nitrogens with zero attached hydrogens (tertiary/aromatic N) is 1. The van der Waals surface area contributed by atoms with Crippen LogP contribution in [0.5, 0.6) is 11.5 Å². The summed E-state index contributed by atoms with van der Waals surface area (Å²) in [5.41, 5.74) is 2.26. The number of ether oxygens (including phenoxy) is 2. The summed E-state index contributed by atoms with van der Waals surface area (Å²) in [6.07, 6.45) is 0.418. The van der Waals surface area contributed by atoms with Crippen molar-refractivity contribution in [2.45, 2.75) is 37.9 Å². The molecule has 1 aliphatic rings. The van der Waals surface area contributed by atoms with E-state index in [2.05, 4.69) is 44.2 Å². The largest absolute Gasteiger partial charge is 0.491 e. The molecular weight excluding hydrogens is 362 g/mol. The van der Waals surface area contributed by atoms with Gasteiger partial charge in [0, 0.05) is 24.1 Å². The molecule has 0 radical (unpaired) electrons. The number of halogens is 1. The molecule has 1 aliphatic heterocycles. The van der Waals surface area contributed by atoms with Gasteiger partial charge in [-0.2, -0.15) is 0 Å². The maximum absolute atomic E-state index is 10.00. The van der Waals surface area contributed by atoms with Crippen molar-refractivity contribution in [2.24, 2.45) is 0 Å². The van der Waals surface area contributed by atoms with Crippen LogP contribution in [-0.2, 0) is 0 Å². The standard InChI is InChI=1S/C22H29NO3.ClH/c1-22(2)13-20(16-8-6-5-7-9-16)19-11-10-18(12-21(19)26-22)25-15-17(24)14-23(3)4;/h5-12,17,20,24H,13-15H2,1-4H3;1H. The number of aliphatic hydroxyl groups excluding tert-OH is 1. The molecule has 0 amide bonds. The van der Waals surface area contributed by atoms with Crippen molar-refractivity contribution < 1.29 is 14.6 Å². The summed E-state index contributed by atoms with van der Waals surface area (Å²) >= 11 is 0. The lowest BCUT2D eigenvalue weighted by atomic mass is 9.80. The fourth-order valence-corrected chi connectivity index (χ4v) is 3.57. The molecule has 0 fully saturated rings. The molecule has 1 N–H and O–H groups in total. The second kappa shape index (κ2) is 8.96. The first kappa shape index (κ1) is 21.5. The van der Waals surface area contributed by atoms with Gasteiger partial charge in [-0.05, 0) is 46.0 Å². The van der Waals surface area contributed by atoms with Gasteiger partial charge >= 0.3 is 0 Å². The lowest BCUT2D eigenvalue weighted by Gasteiger charge is -2.38. The average molecular weight is 392 g/mol. The molecule has 0 saturated carbocycles. The van der Waals surface area contributed by atoms with Gasteiger partial charge in [-0.25, -0.2) is 0 Å². The molecule has 0 aliphatic carbocycles. The Kier molecular flexibility index (Phi) is 7.15. The first-order chi connectivity index (χ1) is 12.3. The molecule has 2 aromatic rings. The monoisotopic (exact) mass is 391 g/mol. The Labute approximate surface area is 168 Å². The molecule has 3 rings (SSSR count). The smallest absolute Gasteiger partial charge is 0.127 e. The SMILES string of the molecule is CN(C)CC(O)COc1ccc2c(c1)OC(C)(C)CC2c1ccccc1.Cl. The van der Waals surface area contributed by atoms with E-state index in [1.54, 1.807) is 0 Å². The van der Waals surface area contributed by atoms with Gasteiger partial charge in [0.25, 0.3) is 0 Å². The number of rotatable bonds is 6. The van der Waals surface area contributed by atoms with Crippen LogP contribution in [0.3, 0.4) is 0 Å². The van der Waals surface area contributed by atoms with Crippen LogP contribution in [0.1, 0.15) is 37.3 Å². The van der Waals surface area contributed by atoms with Crippen LogP contribution in [0, 0.1) is 0 Å². The lowest BCUT2D eigenvalue weighted by Crippen LogP contribution is -2.35. The van der Waals surface area contributed by atoms with Gasteiger partial charge in [-0.1, -0.05) is 36.4 Å². The number of aliphatic hydroxyl groups is 1. The maximum Gasteiger partial charge on any atom is 0.127 e. The van der Waals surface area contributed by atoms with Crippen molar-refractivity contribution in [1.29, 1.82) is 0 Å². The molecule has 2 unspecified atom stereocenters. The van der Waals surface area contributed by atoms with Crippen molar-refractivity contribution in [3.05, 3.63) is 59.7 Å². The molecular formula is C22H30ClNO3. The number of hydrogen-bond donors (Lipinski definition) is 1. The third kappa shape index (κ3) is 5.61. The highest BCUT2D eigenvalue weighted by atomic mass is 35.5. The van der Waals surface area contributed by atoms with E-state index in [4.69, 9.17) is 9.47 Å². The topological polar surface area (TPSA) is 41.9 Å². The van der Waals surface area contributed by atoms with Gasteiger partial charge in [0.2, 0.25) is 0 Å². The van der Waals surface area contributed by atoms with Gasteiger partial charge in [-0.3, -0.25) is 0 Å². The van der Waals surface area contributed by atoms with E-state index in [1.165, 1.54) is 11.1 Å². The molecule has 2 atom stereocenters. The molecule has 27 heavy (non-hydrogen) atoms. The van der Waals surface area contributed by atoms with Crippen LogP contribution < -0.4 is 9.47 Å². The van der Waals surface area contributed by atoms with Crippen LogP contribution in [0.2, 0.25) is 0 Å². The minimum Gasteiger partial charge on any atom is -0.491 e. The van der Waals surface area contributed by atoms with E-state index in [-0.39, 0.29) is 24.6 Å². The van der Waals surface area contributed by atoms with Crippen molar-refractivity contribution in [3.8, 4) is 11.5 Å². The molecule has 0 bridgehead atoms. The highest BCUT2D eigenvalue weighted by molar-refractivity contribution is 5.85. The van der Waals surface area contributed by atoms with Crippen molar-refractivity contribution in [2.75, 3.05) is 27.2 Å². The third-order valence-corrected chi connectivity index (χ3v) is 4.66. The summed E-state index contributed by atoms with van der Waals surface area (Å²) in [6.45, 7) is 5.09. The van der Waals surface area contributed by atoms with Crippen LogP contribution in [-0.4, -0.2) is 49.0 Å². The van der Waals surface area contributed by atoms with Crippen LogP contribution in [0.25, 0.3) is 0 Å². The molecule has 0 aromatic heterocycles. The summed E-state index contributed by atoms with van der Waals surface area (Å²) in [5.74, 6) is 1.91. The fraction of sp³-hybridized carbons (Fsp3) is 0.455. The van der Waals surface area contributed by atoms with Gasteiger partial charge in [0.1, 0.15) is 29.8 Å². The zero-order valence-corrected chi connectivity index (χ0v) is 17.3. The van der Waals surface area contributed by atoms with Gasteiger partial charge < -0.3 is 19.5 Å². The van der Waals surface area contributed by atoms with Crippen LogP contribution in [0.4, 0.5) is 0 Å². The third-order valence-electron chi connectivity index (χ3n) is 4.66. The first-order valence-corrected chi connectivity index (χ1v) is 9.17. The van der Waals surface area contributed by atoms with E-state index in [1.807, 2.05) is 37.2 Å². The Morgan fingerprint density at radius 1 is 1.19 bits per heavy atom. The van der Waals surface area contributed by atoms with Crippen molar-refractivity contribution >= 4 is 12.4 Å². The summed E-state index contributed by atoms with van der Waals surface area (Å²) < 4.78 is 12.0. The maximum atomic E-state index is 10.00.